The van der Waals surface area contributed by atoms with E-state index in [0.29, 0.717) is 12.0 Å². The van der Waals surface area contributed by atoms with E-state index in [-0.39, 0.29) is 5.91 Å². The predicted octanol–water partition coefficient (Wildman–Crippen LogP) is 7.79. The Kier molecular flexibility index (Phi) is 8.06. The predicted molar refractivity (Wildman–Crippen MR) is 135 cm³/mol. The molecule has 0 saturated carbocycles. The molecule has 0 fully saturated rings. The van der Waals surface area contributed by atoms with Gasteiger partial charge in [0.25, 0.3) is 0 Å². The van der Waals surface area contributed by atoms with Crippen molar-refractivity contribution in [3.63, 3.8) is 0 Å². The maximum absolute atomic E-state index is 11.7. The van der Waals surface area contributed by atoms with Crippen molar-refractivity contribution in [1.82, 2.24) is 0 Å². The highest BCUT2D eigenvalue weighted by Gasteiger charge is 2.19. The number of amides is 1. The summed E-state index contributed by atoms with van der Waals surface area (Å²) in [6.45, 7) is 8.82. The normalized spacial score (nSPS) is 12.6. The summed E-state index contributed by atoms with van der Waals surface area (Å²) >= 11 is 0. The van der Waals surface area contributed by atoms with Crippen LogP contribution in [0.25, 0.3) is 21.9 Å². The zero-order valence-electron chi connectivity index (χ0n) is 19.8. The molecule has 0 radical (unpaired) electrons. The van der Waals surface area contributed by atoms with Gasteiger partial charge in [0.15, 0.2) is 0 Å². The number of aryl methyl sites for hydroxylation is 1. The molecule has 1 heterocycles. The molecular formula is C29H34N2O. The van der Waals surface area contributed by atoms with Crippen molar-refractivity contribution in [2.24, 2.45) is 5.92 Å². The van der Waals surface area contributed by atoms with Crippen LogP contribution in [0.5, 0.6) is 0 Å². The van der Waals surface area contributed by atoms with Gasteiger partial charge in [0.2, 0.25) is 5.91 Å². The van der Waals surface area contributed by atoms with Crippen molar-refractivity contribution in [3.8, 4) is 17.2 Å². The molecule has 0 aromatic heterocycles. The fraction of sp³-hybridized carbons (Fsp3) is 0.379. The van der Waals surface area contributed by atoms with Crippen LogP contribution in [0, 0.1) is 24.2 Å². The Labute approximate surface area is 192 Å². The van der Waals surface area contributed by atoms with Crippen LogP contribution < -0.4 is 5.32 Å². The minimum absolute atomic E-state index is 0.0694. The first kappa shape index (κ1) is 23.5. The maximum Gasteiger partial charge on any atom is 0.224 e. The first-order chi connectivity index (χ1) is 15.5. The number of hydrogen-bond donors (Lipinski definition) is 1. The Balaban J connectivity index is 0.000000312. The number of nitrogens with zero attached hydrogens (tertiary/aromatic N) is 1. The smallest absolute Gasteiger partial charge is 0.224 e. The van der Waals surface area contributed by atoms with E-state index in [0.717, 1.165) is 45.5 Å². The Bertz CT molecular complexity index is 1130. The quantitative estimate of drug-likeness (QED) is 0.452. The summed E-state index contributed by atoms with van der Waals surface area (Å²) in [6, 6.07) is 18.5. The van der Waals surface area contributed by atoms with Gasteiger partial charge in [-0.15, -0.1) is 0 Å². The molecule has 0 unspecified atom stereocenters. The lowest BCUT2D eigenvalue weighted by Crippen LogP contribution is -2.19. The largest absolute Gasteiger partial charge is 0.326 e. The van der Waals surface area contributed by atoms with E-state index < -0.39 is 0 Å². The summed E-state index contributed by atoms with van der Waals surface area (Å²) < 4.78 is 0. The number of anilines is 1. The van der Waals surface area contributed by atoms with E-state index in [9.17, 15) is 10.1 Å². The Hall–Kier alpha value is -3.12. The molecule has 1 amide bonds. The monoisotopic (exact) mass is 426 g/mol. The van der Waals surface area contributed by atoms with E-state index in [4.69, 9.17) is 0 Å². The summed E-state index contributed by atoms with van der Waals surface area (Å²) in [5.74, 6) is 1.03. The molecule has 0 bridgehead atoms. The number of nitriles is 1. The van der Waals surface area contributed by atoms with Gasteiger partial charge in [0.05, 0.1) is 11.6 Å². The Morgan fingerprint density at radius 3 is 2.38 bits per heavy atom. The van der Waals surface area contributed by atoms with Crippen LogP contribution in [0.2, 0.25) is 0 Å². The summed E-state index contributed by atoms with van der Waals surface area (Å²) in [6.07, 6.45) is 6.77. The molecule has 4 rings (SSSR count). The zero-order valence-corrected chi connectivity index (χ0v) is 19.8. The van der Waals surface area contributed by atoms with Crippen molar-refractivity contribution in [3.05, 3.63) is 65.2 Å². The van der Waals surface area contributed by atoms with E-state index in [1.54, 1.807) is 0 Å². The fourth-order valence-electron chi connectivity index (χ4n) is 4.60. The number of carbonyl (C=O) groups excluding carboxylic acids is 1. The molecule has 0 atom stereocenters. The van der Waals surface area contributed by atoms with Gasteiger partial charge in [-0.25, -0.2) is 0 Å². The van der Waals surface area contributed by atoms with Crippen molar-refractivity contribution >= 4 is 22.4 Å². The topological polar surface area (TPSA) is 52.9 Å². The van der Waals surface area contributed by atoms with Crippen molar-refractivity contribution in [2.75, 3.05) is 5.32 Å². The van der Waals surface area contributed by atoms with Crippen LogP contribution in [-0.4, -0.2) is 5.91 Å². The second kappa shape index (κ2) is 11.0. The number of carbonyl (C=O) groups is 1. The molecule has 32 heavy (non-hydrogen) atoms. The van der Waals surface area contributed by atoms with E-state index in [2.05, 4.69) is 56.4 Å². The van der Waals surface area contributed by atoms with E-state index >= 15 is 0 Å². The molecule has 3 aromatic carbocycles. The third-order valence-electron chi connectivity index (χ3n) is 6.25. The summed E-state index contributed by atoms with van der Waals surface area (Å²) in [7, 11) is 0. The molecule has 3 heteroatoms. The maximum atomic E-state index is 11.7. The molecule has 0 aliphatic carbocycles. The van der Waals surface area contributed by atoms with E-state index in [1.165, 1.54) is 31.2 Å². The van der Waals surface area contributed by atoms with Crippen LogP contribution >= 0.6 is 0 Å². The average Bonchev–Trinajstić information content (AvgIpc) is 2.78. The summed E-state index contributed by atoms with van der Waals surface area (Å²) in [5, 5.41) is 14.5. The fourth-order valence-corrected chi connectivity index (χ4v) is 4.60. The lowest BCUT2D eigenvalue weighted by atomic mass is 9.89. The number of rotatable bonds is 5. The molecule has 0 saturated heterocycles. The Morgan fingerprint density at radius 1 is 1.00 bits per heavy atom. The number of nitrogens with one attached hydrogen (secondary N) is 1. The van der Waals surface area contributed by atoms with Gasteiger partial charge < -0.3 is 5.32 Å². The van der Waals surface area contributed by atoms with Gasteiger partial charge in [-0.05, 0) is 64.4 Å². The van der Waals surface area contributed by atoms with Crippen LogP contribution in [-0.2, 0) is 11.2 Å². The highest BCUT2D eigenvalue weighted by atomic mass is 16.1. The molecular weight excluding hydrogens is 392 g/mol. The zero-order chi connectivity index (χ0) is 23.1. The second-order valence-electron chi connectivity index (χ2n) is 8.87. The van der Waals surface area contributed by atoms with Gasteiger partial charge in [-0.3, -0.25) is 4.79 Å². The van der Waals surface area contributed by atoms with Gasteiger partial charge in [-0.2, -0.15) is 5.26 Å². The van der Waals surface area contributed by atoms with Crippen LogP contribution in [0.1, 0.15) is 69.6 Å². The van der Waals surface area contributed by atoms with Crippen molar-refractivity contribution in [1.29, 1.82) is 5.26 Å². The first-order valence-corrected chi connectivity index (χ1v) is 11.8. The lowest BCUT2D eigenvalue weighted by molar-refractivity contribution is -0.116. The molecule has 3 aromatic rings. The van der Waals surface area contributed by atoms with Crippen LogP contribution in [0.4, 0.5) is 5.69 Å². The SMILES string of the molecule is CCCC(C)CCC.Cc1cc2cccc(-c3cccc4c3CCC(=O)N4)c2cc1C#N. The van der Waals surface area contributed by atoms with Gasteiger partial charge >= 0.3 is 0 Å². The lowest BCUT2D eigenvalue weighted by Gasteiger charge is -2.21. The van der Waals surface area contributed by atoms with Gasteiger partial charge in [0.1, 0.15) is 0 Å². The number of fused-ring (bicyclic) bond motifs is 2. The van der Waals surface area contributed by atoms with Crippen molar-refractivity contribution in [2.45, 2.75) is 66.2 Å². The summed E-state index contributed by atoms with van der Waals surface area (Å²) in [4.78, 5) is 11.7. The second-order valence-corrected chi connectivity index (χ2v) is 8.87. The standard InChI is InChI=1S/C21H16N2O.C8H18/c1-13-10-14-4-2-5-17(19(14)11-15(13)12-22)16-6-3-7-20-18(16)8-9-21(24)23-20;1-4-6-8(3)7-5-2/h2-7,10-11H,8-9H2,1H3,(H,23,24);8H,4-7H2,1-3H3. The molecule has 1 aliphatic rings. The Morgan fingerprint density at radius 2 is 1.69 bits per heavy atom. The van der Waals surface area contributed by atoms with Gasteiger partial charge in [-0.1, -0.05) is 82.9 Å². The van der Waals surface area contributed by atoms with E-state index in [1.807, 2.05) is 31.2 Å². The molecule has 1 aliphatic heterocycles. The minimum atomic E-state index is 0.0694. The first-order valence-electron chi connectivity index (χ1n) is 11.8. The molecule has 3 nitrogen and oxygen atoms in total. The number of hydrogen-bond acceptors (Lipinski definition) is 2. The number of benzene rings is 3. The molecule has 1 N–H and O–H groups in total. The molecule has 0 spiro atoms. The highest BCUT2D eigenvalue weighted by Crippen LogP contribution is 2.37. The van der Waals surface area contributed by atoms with Gasteiger partial charge in [0, 0.05) is 12.1 Å². The van der Waals surface area contributed by atoms with Crippen LogP contribution in [0.3, 0.4) is 0 Å². The van der Waals surface area contributed by atoms with Crippen molar-refractivity contribution < 1.29 is 4.79 Å². The average molecular weight is 427 g/mol. The third-order valence-corrected chi connectivity index (χ3v) is 6.25. The minimum Gasteiger partial charge on any atom is -0.326 e. The van der Waals surface area contributed by atoms with Crippen LogP contribution in [0.15, 0.2) is 48.5 Å². The highest BCUT2D eigenvalue weighted by molar-refractivity contribution is 6.01. The molecule has 166 valence electrons. The third kappa shape index (κ3) is 5.37. The summed E-state index contributed by atoms with van der Waals surface area (Å²) in [5.41, 5.74) is 6.00.